The molecule has 3 aliphatic carbocycles. The van der Waals surface area contributed by atoms with Crippen LogP contribution in [-0.2, 0) is 28.5 Å². The van der Waals surface area contributed by atoms with Crippen molar-refractivity contribution in [2.24, 2.45) is 0 Å². The van der Waals surface area contributed by atoms with Crippen LogP contribution in [0, 0.1) is 0 Å². The van der Waals surface area contributed by atoms with Gasteiger partial charge in [-0.3, -0.25) is 9.59 Å². The Kier molecular flexibility index (Phi) is 5.63. The number of allylic oxidation sites excluding steroid dienone is 6. The van der Waals surface area contributed by atoms with Crippen molar-refractivity contribution in [3.8, 4) is 0 Å². The molecule has 2 bridgehead atoms. The summed E-state index contributed by atoms with van der Waals surface area (Å²) in [6.07, 6.45) is 6.00. The topological polar surface area (TPSA) is 83.1 Å². The van der Waals surface area contributed by atoms with Crippen LogP contribution in [0.2, 0.25) is 0 Å². The van der Waals surface area contributed by atoms with Gasteiger partial charge in [0.15, 0.2) is 17.3 Å². The fourth-order valence-corrected chi connectivity index (χ4v) is 3.94. The lowest BCUT2D eigenvalue weighted by molar-refractivity contribution is -0.119. The summed E-state index contributed by atoms with van der Waals surface area (Å²) in [6.45, 7) is 1.50. The zero-order chi connectivity index (χ0) is 20.4. The molecule has 1 N–H and O–H groups in total. The van der Waals surface area contributed by atoms with E-state index in [0.717, 1.165) is 24.0 Å². The van der Waals surface area contributed by atoms with Crippen LogP contribution < -0.4 is 5.32 Å². The third kappa shape index (κ3) is 3.21. The summed E-state index contributed by atoms with van der Waals surface area (Å²) < 4.78 is 22.3. The minimum absolute atomic E-state index is 0.0980. The van der Waals surface area contributed by atoms with Crippen molar-refractivity contribution in [1.29, 1.82) is 0 Å². The Hall–Kier alpha value is -2.96. The molecule has 0 aliphatic heterocycles. The molecular weight excluding hydrogens is 362 g/mol. The first-order valence-electron chi connectivity index (χ1n) is 9.11. The van der Waals surface area contributed by atoms with E-state index in [0.29, 0.717) is 29.3 Å². The number of carbonyl (C=O) groups excluding carboxylic acids is 2. The largest absolute Gasteiger partial charge is 0.495 e. The quantitative estimate of drug-likeness (QED) is 0.780. The Morgan fingerprint density at radius 2 is 1.71 bits per heavy atom. The monoisotopic (exact) mass is 387 g/mol. The van der Waals surface area contributed by atoms with E-state index in [9.17, 15) is 9.59 Å². The highest BCUT2D eigenvalue weighted by molar-refractivity contribution is 6.13. The van der Waals surface area contributed by atoms with E-state index in [2.05, 4.69) is 5.32 Å². The Morgan fingerprint density at radius 3 is 2.29 bits per heavy atom. The third-order valence-electron chi connectivity index (χ3n) is 5.05. The van der Waals surface area contributed by atoms with Gasteiger partial charge in [0.2, 0.25) is 11.7 Å². The summed E-state index contributed by atoms with van der Waals surface area (Å²) in [5.41, 5.74) is 2.74. The molecule has 7 heteroatoms. The molecule has 1 amide bonds. The normalized spacial score (nSPS) is 21.9. The van der Waals surface area contributed by atoms with E-state index >= 15 is 0 Å². The maximum absolute atomic E-state index is 13.0. The van der Waals surface area contributed by atoms with Gasteiger partial charge in [-0.15, -0.1) is 0 Å². The van der Waals surface area contributed by atoms with Crippen LogP contribution in [0.25, 0.3) is 0 Å². The predicted molar refractivity (Wildman–Crippen MR) is 102 cm³/mol. The first-order valence-corrected chi connectivity index (χ1v) is 9.11. The number of methoxy groups -OCH3 is 4. The lowest BCUT2D eigenvalue weighted by Gasteiger charge is -2.21. The maximum atomic E-state index is 13.0. The van der Waals surface area contributed by atoms with Crippen LogP contribution in [0.15, 0.2) is 57.5 Å². The minimum Gasteiger partial charge on any atom is -0.495 e. The van der Waals surface area contributed by atoms with E-state index in [4.69, 9.17) is 18.9 Å². The van der Waals surface area contributed by atoms with Gasteiger partial charge in [-0.05, 0) is 30.9 Å². The van der Waals surface area contributed by atoms with Gasteiger partial charge < -0.3 is 24.3 Å². The highest BCUT2D eigenvalue weighted by atomic mass is 16.5. The van der Waals surface area contributed by atoms with Crippen LogP contribution in [0.4, 0.5) is 0 Å². The number of hydrogen-bond donors (Lipinski definition) is 1. The summed E-state index contributed by atoms with van der Waals surface area (Å²) >= 11 is 0. The van der Waals surface area contributed by atoms with E-state index in [1.54, 1.807) is 13.2 Å². The van der Waals surface area contributed by atoms with E-state index in [1.807, 2.05) is 6.08 Å². The fraction of sp³-hybridized carbons (Fsp3) is 0.429. The second-order valence-electron chi connectivity index (χ2n) is 6.69. The second kappa shape index (κ2) is 7.96. The minimum atomic E-state index is -0.328. The SMILES string of the molecule is COC1=CC2=C(OC)C(=C(OC)C(OC)=C3CCC[C@H](NC(C)=O)C=C23)C1=O. The molecule has 0 aromatic carbocycles. The Balaban J connectivity index is 2.35. The molecule has 0 spiro atoms. The Bertz CT molecular complexity index is 871. The lowest BCUT2D eigenvalue weighted by atomic mass is 9.90. The standard InChI is InChI=1S/C21H25NO6/c1-11(23)22-12-7-6-8-13-14(9-12)15-10-16(25-2)18(24)17(19(15)26-3)21(28-5)20(13)27-4/h9-10,12H,6-8H2,1-5H3,(H,22,23)/t12-/m0/s1. The van der Waals surface area contributed by atoms with Gasteiger partial charge >= 0.3 is 0 Å². The number of rotatable bonds is 5. The Labute approximate surface area is 164 Å². The predicted octanol–water partition coefficient (Wildman–Crippen LogP) is 2.43. The van der Waals surface area contributed by atoms with Crippen LogP contribution >= 0.6 is 0 Å². The molecule has 0 saturated carbocycles. The number of Topliss-reactive ketones (excluding diaryl/α,β-unsaturated/α-hetero) is 1. The van der Waals surface area contributed by atoms with E-state index in [-0.39, 0.29) is 29.1 Å². The highest BCUT2D eigenvalue weighted by Gasteiger charge is 2.39. The lowest BCUT2D eigenvalue weighted by Crippen LogP contribution is -2.31. The summed E-state index contributed by atoms with van der Waals surface area (Å²) in [6, 6.07) is -0.140. The van der Waals surface area contributed by atoms with Gasteiger partial charge in [0.05, 0.1) is 28.4 Å². The van der Waals surface area contributed by atoms with Crippen LogP contribution in [0.1, 0.15) is 26.2 Å². The average Bonchev–Trinajstić information content (AvgIpc) is 2.91. The van der Waals surface area contributed by atoms with Crippen LogP contribution in [-0.4, -0.2) is 46.2 Å². The number of amides is 1. The third-order valence-corrected chi connectivity index (χ3v) is 5.05. The van der Waals surface area contributed by atoms with Crippen molar-refractivity contribution < 1.29 is 28.5 Å². The number of ketones is 1. The number of hydrogen-bond acceptors (Lipinski definition) is 6. The zero-order valence-electron chi connectivity index (χ0n) is 16.8. The molecule has 0 aromatic rings. The Morgan fingerprint density at radius 1 is 1.04 bits per heavy atom. The van der Waals surface area contributed by atoms with Crippen molar-refractivity contribution in [1.82, 2.24) is 5.32 Å². The van der Waals surface area contributed by atoms with Crippen molar-refractivity contribution in [2.45, 2.75) is 32.2 Å². The number of ether oxygens (including phenoxy) is 4. The first kappa shape index (κ1) is 19.8. The van der Waals surface area contributed by atoms with Gasteiger partial charge in [-0.1, -0.05) is 6.08 Å². The molecule has 0 radical (unpaired) electrons. The molecule has 0 heterocycles. The molecule has 7 nitrogen and oxygen atoms in total. The molecule has 0 fully saturated rings. The molecule has 150 valence electrons. The number of nitrogens with one attached hydrogen (secondary N) is 1. The van der Waals surface area contributed by atoms with Gasteiger partial charge in [0, 0.05) is 24.1 Å². The second-order valence-corrected chi connectivity index (χ2v) is 6.69. The first-order chi connectivity index (χ1) is 13.5. The van der Waals surface area contributed by atoms with Crippen molar-refractivity contribution in [2.75, 3.05) is 28.4 Å². The zero-order valence-corrected chi connectivity index (χ0v) is 16.8. The van der Waals surface area contributed by atoms with Gasteiger partial charge in [0.1, 0.15) is 11.3 Å². The van der Waals surface area contributed by atoms with Crippen LogP contribution in [0.3, 0.4) is 0 Å². The van der Waals surface area contributed by atoms with E-state index < -0.39 is 0 Å². The number of carbonyl (C=O) groups is 2. The summed E-state index contributed by atoms with van der Waals surface area (Å²) in [5.74, 6) is 0.988. The van der Waals surface area contributed by atoms with Gasteiger partial charge in [-0.2, -0.15) is 0 Å². The summed E-state index contributed by atoms with van der Waals surface area (Å²) in [4.78, 5) is 24.6. The van der Waals surface area contributed by atoms with Crippen molar-refractivity contribution in [3.05, 3.63) is 57.5 Å². The molecule has 1 atom stereocenters. The fourth-order valence-electron chi connectivity index (χ4n) is 3.94. The smallest absolute Gasteiger partial charge is 0.235 e. The molecule has 0 aromatic heterocycles. The average molecular weight is 387 g/mol. The maximum Gasteiger partial charge on any atom is 0.235 e. The van der Waals surface area contributed by atoms with Gasteiger partial charge in [-0.25, -0.2) is 0 Å². The van der Waals surface area contributed by atoms with Gasteiger partial charge in [0.25, 0.3) is 0 Å². The molecule has 3 rings (SSSR count). The molecule has 3 aliphatic rings. The van der Waals surface area contributed by atoms with Crippen LogP contribution in [0.5, 0.6) is 0 Å². The molecule has 0 unspecified atom stereocenters. The van der Waals surface area contributed by atoms with E-state index in [1.165, 1.54) is 28.3 Å². The van der Waals surface area contributed by atoms with Crippen molar-refractivity contribution in [3.63, 3.8) is 0 Å². The molecule has 0 saturated heterocycles. The summed E-state index contributed by atoms with van der Waals surface area (Å²) in [7, 11) is 6.02. The molecular formula is C21H25NO6. The molecule has 28 heavy (non-hydrogen) atoms. The van der Waals surface area contributed by atoms with Crippen molar-refractivity contribution >= 4 is 11.7 Å². The summed E-state index contributed by atoms with van der Waals surface area (Å²) in [5, 5.41) is 2.97. The highest BCUT2D eigenvalue weighted by Crippen LogP contribution is 2.44. The number of fused-ring (bicyclic) bond motifs is 3.